The third kappa shape index (κ3) is 5.22. The van der Waals surface area contributed by atoms with E-state index in [9.17, 15) is 4.79 Å². The molecule has 2 heterocycles. The Balaban J connectivity index is 1.37. The zero-order valence-corrected chi connectivity index (χ0v) is 20.3. The number of halogens is 1. The van der Waals surface area contributed by atoms with Crippen LogP contribution in [-0.2, 0) is 13.2 Å². The van der Waals surface area contributed by atoms with E-state index in [-0.39, 0.29) is 12.5 Å². The molecule has 0 aliphatic carbocycles. The lowest BCUT2D eigenvalue weighted by atomic mass is 10.1. The number of amides is 1. The van der Waals surface area contributed by atoms with Crippen LogP contribution in [0.25, 0.3) is 0 Å². The van der Waals surface area contributed by atoms with Gasteiger partial charge in [0.05, 0.1) is 5.56 Å². The molecule has 1 aromatic heterocycles. The highest BCUT2D eigenvalue weighted by Crippen LogP contribution is 2.22. The minimum atomic E-state index is -0.0948. The topological polar surface area (TPSA) is 58.8 Å². The monoisotopic (exact) mass is 497 g/mol. The normalized spacial score (nSPS) is 14.6. The van der Waals surface area contributed by atoms with E-state index >= 15 is 0 Å². The van der Waals surface area contributed by atoms with Crippen LogP contribution in [0.3, 0.4) is 0 Å². The second-order valence-electron chi connectivity index (χ2n) is 8.30. The molecule has 1 saturated heterocycles. The fourth-order valence-corrected chi connectivity index (χ4v) is 4.29. The van der Waals surface area contributed by atoms with Gasteiger partial charge in [-0.15, -0.1) is 0 Å². The molecule has 0 spiro atoms. The van der Waals surface area contributed by atoms with Gasteiger partial charge in [-0.2, -0.15) is 0 Å². The molecule has 0 radical (unpaired) electrons. The SMILES string of the molecule is Cc1ccc(OCc2c(C(=O)N3CCN(Cc4cccc(Br)c4)CC3)noc2C)cc1C. The van der Waals surface area contributed by atoms with Crippen LogP contribution in [0.5, 0.6) is 5.75 Å². The summed E-state index contributed by atoms with van der Waals surface area (Å²) in [6.07, 6.45) is 0. The first-order valence-electron chi connectivity index (χ1n) is 10.8. The van der Waals surface area contributed by atoms with E-state index < -0.39 is 0 Å². The summed E-state index contributed by atoms with van der Waals surface area (Å²) in [7, 11) is 0. The third-order valence-electron chi connectivity index (χ3n) is 6.00. The number of rotatable bonds is 6. The molecule has 168 valence electrons. The standard InChI is InChI=1S/C25H28BrN3O3/c1-17-7-8-22(13-18(17)2)31-16-23-19(3)32-27-24(23)25(30)29-11-9-28(10-12-29)15-20-5-4-6-21(26)14-20/h4-8,13-14H,9-12,15-16H2,1-3H3. The number of ether oxygens (including phenoxy) is 1. The zero-order chi connectivity index (χ0) is 22.7. The van der Waals surface area contributed by atoms with Gasteiger partial charge in [0.25, 0.3) is 5.91 Å². The molecule has 0 bridgehead atoms. The number of carbonyl (C=O) groups is 1. The van der Waals surface area contributed by atoms with Crippen LogP contribution < -0.4 is 4.74 Å². The summed E-state index contributed by atoms with van der Waals surface area (Å²) in [5, 5.41) is 4.07. The first-order valence-corrected chi connectivity index (χ1v) is 11.6. The maximum Gasteiger partial charge on any atom is 0.276 e. The van der Waals surface area contributed by atoms with E-state index in [0.717, 1.165) is 29.9 Å². The average molecular weight is 498 g/mol. The van der Waals surface area contributed by atoms with Crippen molar-refractivity contribution in [2.75, 3.05) is 26.2 Å². The second kappa shape index (κ2) is 9.88. The molecule has 0 saturated carbocycles. The van der Waals surface area contributed by atoms with Crippen molar-refractivity contribution in [3.63, 3.8) is 0 Å². The van der Waals surface area contributed by atoms with E-state index in [1.165, 1.54) is 16.7 Å². The van der Waals surface area contributed by atoms with E-state index in [1.807, 2.05) is 42.2 Å². The van der Waals surface area contributed by atoms with Gasteiger partial charge in [0.2, 0.25) is 0 Å². The Bertz CT molecular complexity index is 1100. The van der Waals surface area contributed by atoms with E-state index in [0.29, 0.717) is 30.1 Å². The molecule has 7 heteroatoms. The second-order valence-corrected chi connectivity index (χ2v) is 9.21. The van der Waals surface area contributed by atoms with Gasteiger partial charge in [0.1, 0.15) is 18.1 Å². The fourth-order valence-electron chi connectivity index (χ4n) is 3.84. The zero-order valence-electron chi connectivity index (χ0n) is 18.7. The minimum Gasteiger partial charge on any atom is -0.489 e. The summed E-state index contributed by atoms with van der Waals surface area (Å²) < 4.78 is 12.4. The molecule has 32 heavy (non-hydrogen) atoms. The molecule has 2 aromatic carbocycles. The minimum absolute atomic E-state index is 0.0948. The molecule has 6 nitrogen and oxygen atoms in total. The van der Waals surface area contributed by atoms with Crippen molar-refractivity contribution in [1.29, 1.82) is 0 Å². The van der Waals surface area contributed by atoms with Gasteiger partial charge in [-0.1, -0.05) is 39.3 Å². The van der Waals surface area contributed by atoms with Crippen molar-refractivity contribution in [3.05, 3.63) is 80.6 Å². The summed E-state index contributed by atoms with van der Waals surface area (Å²) in [4.78, 5) is 17.4. The van der Waals surface area contributed by atoms with Gasteiger partial charge in [-0.3, -0.25) is 9.69 Å². The van der Waals surface area contributed by atoms with Gasteiger partial charge in [-0.25, -0.2) is 0 Å². The number of aryl methyl sites for hydroxylation is 3. The Morgan fingerprint density at radius 1 is 1.06 bits per heavy atom. The number of nitrogens with zero attached hydrogens (tertiary/aromatic N) is 3. The molecular formula is C25H28BrN3O3. The van der Waals surface area contributed by atoms with Crippen LogP contribution in [0.15, 0.2) is 51.5 Å². The lowest BCUT2D eigenvalue weighted by Crippen LogP contribution is -2.48. The molecule has 1 aliphatic heterocycles. The molecule has 4 rings (SSSR count). The summed E-state index contributed by atoms with van der Waals surface area (Å²) in [6, 6.07) is 14.3. The summed E-state index contributed by atoms with van der Waals surface area (Å²) >= 11 is 3.53. The Morgan fingerprint density at radius 2 is 1.84 bits per heavy atom. The highest BCUT2D eigenvalue weighted by Gasteiger charge is 2.28. The molecule has 0 N–H and O–H groups in total. The van der Waals surface area contributed by atoms with Gasteiger partial charge in [-0.05, 0) is 61.7 Å². The lowest BCUT2D eigenvalue weighted by Gasteiger charge is -2.34. The van der Waals surface area contributed by atoms with Gasteiger partial charge in [0, 0.05) is 37.2 Å². The predicted molar refractivity (Wildman–Crippen MR) is 127 cm³/mol. The van der Waals surface area contributed by atoms with Crippen molar-refractivity contribution < 1.29 is 14.1 Å². The Labute approximate surface area is 197 Å². The number of benzene rings is 2. The first-order chi connectivity index (χ1) is 15.4. The van der Waals surface area contributed by atoms with E-state index in [1.54, 1.807) is 0 Å². The fraction of sp³-hybridized carbons (Fsp3) is 0.360. The quantitative estimate of drug-likeness (QED) is 0.484. The smallest absolute Gasteiger partial charge is 0.276 e. The molecule has 1 aliphatic rings. The van der Waals surface area contributed by atoms with Crippen LogP contribution in [0, 0.1) is 20.8 Å². The Kier molecular flexibility index (Phi) is 6.96. The summed E-state index contributed by atoms with van der Waals surface area (Å²) in [5.74, 6) is 1.29. The third-order valence-corrected chi connectivity index (χ3v) is 6.50. The van der Waals surface area contributed by atoms with Crippen LogP contribution >= 0.6 is 15.9 Å². The predicted octanol–water partition coefficient (Wildman–Crippen LogP) is 4.90. The largest absolute Gasteiger partial charge is 0.489 e. The first kappa shape index (κ1) is 22.6. The highest BCUT2D eigenvalue weighted by molar-refractivity contribution is 9.10. The molecule has 0 atom stereocenters. The van der Waals surface area contributed by atoms with Crippen molar-refractivity contribution in [1.82, 2.24) is 15.0 Å². The van der Waals surface area contributed by atoms with Gasteiger partial charge in [0.15, 0.2) is 5.69 Å². The highest BCUT2D eigenvalue weighted by atomic mass is 79.9. The number of aromatic nitrogens is 1. The summed E-state index contributed by atoms with van der Waals surface area (Å²) in [6.45, 7) is 10.0. The van der Waals surface area contributed by atoms with Crippen LogP contribution in [-0.4, -0.2) is 47.0 Å². The van der Waals surface area contributed by atoms with E-state index in [2.05, 4.69) is 52.0 Å². The summed E-state index contributed by atoms with van der Waals surface area (Å²) in [5.41, 5.74) is 4.71. The van der Waals surface area contributed by atoms with Crippen molar-refractivity contribution in [2.45, 2.75) is 33.9 Å². The number of hydrogen-bond acceptors (Lipinski definition) is 5. The average Bonchev–Trinajstić information content (AvgIpc) is 3.15. The van der Waals surface area contributed by atoms with Crippen LogP contribution in [0.1, 0.15) is 38.5 Å². The lowest BCUT2D eigenvalue weighted by molar-refractivity contribution is 0.0616. The molecule has 1 fully saturated rings. The number of carbonyl (C=O) groups excluding carboxylic acids is 1. The number of piperazine rings is 1. The maximum absolute atomic E-state index is 13.2. The van der Waals surface area contributed by atoms with E-state index in [4.69, 9.17) is 9.26 Å². The molecule has 0 unspecified atom stereocenters. The van der Waals surface area contributed by atoms with Crippen molar-refractivity contribution >= 4 is 21.8 Å². The molecule has 3 aromatic rings. The number of hydrogen-bond donors (Lipinski definition) is 0. The Hall–Kier alpha value is -2.64. The van der Waals surface area contributed by atoms with Crippen molar-refractivity contribution in [2.24, 2.45) is 0 Å². The van der Waals surface area contributed by atoms with Gasteiger partial charge < -0.3 is 14.2 Å². The van der Waals surface area contributed by atoms with Crippen LogP contribution in [0.4, 0.5) is 0 Å². The molecule has 1 amide bonds. The maximum atomic E-state index is 13.2. The van der Waals surface area contributed by atoms with Gasteiger partial charge >= 0.3 is 0 Å². The molecular weight excluding hydrogens is 470 g/mol. The Morgan fingerprint density at radius 3 is 2.56 bits per heavy atom. The van der Waals surface area contributed by atoms with Crippen LogP contribution in [0.2, 0.25) is 0 Å². The van der Waals surface area contributed by atoms with Crippen molar-refractivity contribution in [3.8, 4) is 5.75 Å².